The van der Waals surface area contributed by atoms with E-state index in [1.165, 1.54) is 12.1 Å². The maximum Gasteiger partial charge on any atom is 0.148 e. The predicted molar refractivity (Wildman–Crippen MR) is 73.1 cm³/mol. The van der Waals surface area contributed by atoms with Crippen LogP contribution in [0.25, 0.3) is 0 Å². The van der Waals surface area contributed by atoms with E-state index in [1.54, 1.807) is 19.1 Å². The number of nitriles is 1. The van der Waals surface area contributed by atoms with Crippen molar-refractivity contribution < 1.29 is 4.39 Å². The summed E-state index contributed by atoms with van der Waals surface area (Å²) in [6.45, 7) is 3.61. The predicted octanol–water partition coefficient (Wildman–Crippen LogP) is 4.11. The zero-order chi connectivity index (χ0) is 14.0. The number of nitrogens with zero attached hydrogens (tertiary/aromatic N) is 2. The van der Waals surface area contributed by atoms with Crippen LogP contribution in [-0.2, 0) is 0 Å². The molecular formula is C14H11ClFN3. The van der Waals surface area contributed by atoms with Gasteiger partial charge >= 0.3 is 0 Å². The molecule has 0 amide bonds. The van der Waals surface area contributed by atoms with Crippen molar-refractivity contribution in [2.24, 2.45) is 0 Å². The molecular weight excluding hydrogens is 265 g/mol. The number of nitrogens with one attached hydrogen (secondary N) is 1. The number of para-hydroxylation sites is 1. The van der Waals surface area contributed by atoms with Crippen molar-refractivity contribution in [2.45, 2.75) is 13.8 Å². The number of aromatic nitrogens is 1. The number of halogens is 2. The van der Waals surface area contributed by atoms with Crippen LogP contribution < -0.4 is 5.32 Å². The summed E-state index contributed by atoms with van der Waals surface area (Å²) in [5.74, 6) is -0.177. The Labute approximate surface area is 115 Å². The van der Waals surface area contributed by atoms with E-state index < -0.39 is 5.82 Å². The number of pyridine rings is 1. The van der Waals surface area contributed by atoms with Crippen LogP contribution in [0.4, 0.5) is 15.9 Å². The standard InChI is InChI=1S/C14H11ClFN3/c1-8-6-9(2)18-14(10(8)7-17)19-13-11(15)4-3-5-12(13)16/h3-6H,1-2H3,(H,18,19). The Kier molecular flexibility index (Phi) is 3.68. The van der Waals surface area contributed by atoms with E-state index in [1.807, 2.05) is 6.92 Å². The molecule has 1 N–H and O–H groups in total. The minimum Gasteiger partial charge on any atom is -0.335 e. The minimum absolute atomic E-state index is 0.123. The van der Waals surface area contributed by atoms with Gasteiger partial charge in [-0.05, 0) is 37.6 Å². The molecule has 1 aromatic heterocycles. The van der Waals surface area contributed by atoms with E-state index in [2.05, 4.69) is 16.4 Å². The van der Waals surface area contributed by atoms with Crippen molar-refractivity contribution in [3.63, 3.8) is 0 Å². The van der Waals surface area contributed by atoms with Gasteiger partial charge in [-0.15, -0.1) is 0 Å². The summed E-state index contributed by atoms with van der Waals surface area (Å²) in [5, 5.41) is 12.2. The zero-order valence-corrected chi connectivity index (χ0v) is 11.2. The van der Waals surface area contributed by atoms with Gasteiger partial charge in [0.1, 0.15) is 17.7 Å². The van der Waals surface area contributed by atoms with E-state index in [4.69, 9.17) is 16.9 Å². The molecule has 1 heterocycles. The van der Waals surface area contributed by atoms with Gasteiger partial charge in [0.05, 0.1) is 16.3 Å². The third-order valence-electron chi connectivity index (χ3n) is 2.66. The van der Waals surface area contributed by atoms with Crippen LogP contribution in [0.5, 0.6) is 0 Å². The molecule has 0 radical (unpaired) electrons. The van der Waals surface area contributed by atoms with Crippen LogP contribution in [0.1, 0.15) is 16.8 Å². The average Bonchev–Trinajstić information content (AvgIpc) is 2.33. The molecule has 0 bridgehead atoms. The third kappa shape index (κ3) is 2.67. The highest BCUT2D eigenvalue weighted by atomic mass is 35.5. The number of benzene rings is 1. The highest BCUT2D eigenvalue weighted by Crippen LogP contribution is 2.29. The van der Waals surface area contributed by atoms with Crippen LogP contribution in [0, 0.1) is 31.0 Å². The van der Waals surface area contributed by atoms with Gasteiger partial charge in [-0.3, -0.25) is 0 Å². The first-order chi connectivity index (χ1) is 9.02. The van der Waals surface area contributed by atoms with Crippen LogP contribution in [0.3, 0.4) is 0 Å². The zero-order valence-electron chi connectivity index (χ0n) is 10.5. The highest BCUT2D eigenvalue weighted by Gasteiger charge is 2.13. The summed E-state index contributed by atoms with van der Waals surface area (Å²) < 4.78 is 13.7. The Bertz CT molecular complexity index is 657. The summed E-state index contributed by atoms with van der Waals surface area (Å²) in [4.78, 5) is 4.22. The first kappa shape index (κ1) is 13.3. The lowest BCUT2D eigenvalue weighted by Gasteiger charge is -2.12. The maximum atomic E-state index is 13.7. The van der Waals surface area contributed by atoms with Gasteiger partial charge < -0.3 is 5.32 Å². The fraction of sp³-hybridized carbons (Fsp3) is 0.143. The van der Waals surface area contributed by atoms with E-state index in [0.29, 0.717) is 11.4 Å². The van der Waals surface area contributed by atoms with Crippen molar-refractivity contribution >= 4 is 23.1 Å². The molecule has 0 atom stereocenters. The Hall–Kier alpha value is -2.12. The summed E-state index contributed by atoms with van der Waals surface area (Å²) in [7, 11) is 0. The fourth-order valence-electron chi connectivity index (χ4n) is 1.80. The Balaban J connectivity index is 2.53. The topological polar surface area (TPSA) is 48.7 Å². The van der Waals surface area contributed by atoms with E-state index >= 15 is 0 Å². The first-order valence-electron chi connectivity index (χ1n) is 5.62. The van der Waals surface area contributed by atoms with E-state index in [9.17, 15) is 4.39 Å². The second kappa shape index (κ2) is 5.25. The first-order valence-corrected chi connectivity index (χ1v) is 6.00. The van der Waals surface area contributed by atoms with Gasteiger partial charge in [0, 0.05) is 5.69 Å². The molecule has 0 aliphatic rings. The molecule has 0 fully saturated rings. The van der Waals surface area contributed by atoms with Gasteiger partial charge in [0.25, 0.3) is 0 Å². The van der Waals surface area contributed by atoms with Crippen LogP contribution in [0.15, 0.2) is 24.3 Å². The lowest BCUT2D eigenvalue weighted by molar-refractivity contribution is 0.632. The van der Waals surface area contributed by atoms with Crippen LogP contribution in [-0.4, -0.2) is 4.98 Å². The molecule has 0 aliphatic carbocycles. The van der Waals surface area contributed by atoms with E-state index in [-0.39, 0.29) is 10.7 Å². The SMILES string of the molecule is Cc1cc(C)c(C#N)c(Nc2c(F)cccc2Cl)n1. The lowest BCUT2D eigenvalue weighted by Crippen LogP contribution is -2.02. The van der Waals surface area contributed by atoms with Crippen molar-refractivity contribution in [1.29, 1.82) is 5.26 Å². The summed E-state index contributed by atoms with van der Waals surface area (Å²) in [6, 6.07) is 8.24. The highest BCUT2D eigenvalue weighted by molar-refractivity contribution is 6.33. The minimum atomic E-state index is -0.489. The molecule has 0 saturated carbocycles. The van der Waals surface area contributed by atoms with Gasteiger partial charge in [0.15, 0.2) is 0 Å². The Morgan fingerprint density at radius 3 is 2.74 bits per heavy atom. The van der Waals surface area contributed by atoms with Crippen molar-refractivity contribution in [1.82, 2.24) is 4.98 Å². The molecule has 0 saturated heterocycles. The molecule has 96 valence electrons. The number of anilines is 2. The lowest BCUT2D eigenvalue weighted by atomic mass is 10.1. The molecule has 0 aliphatic heterocycles. The monoisotopic (exact) mass is 275 g/mol. The van der Waals surface area contributed by atoms with Gasteiger partial charge in [-0.2, -0.15) is 5.26 Å². The Morgan fingerprint density at radius 1 is 1.37 bits per heavy atom. The van der Waals surface area contributed by atoms with Gasteiger partial charge in [0.2, 0.25) is 0 Å². The molecule has 5 heteroatoms. The fourth-order valence-corrected chi connectivity index (χ4v) is 2.01. The molecule has 0 spiro atoms. The van der Waals surface area contributed by atoms with Gasteiger partial charge in [-0.25, -0.2) is 9.37 Å². The quantitative estimate of drug-likeness (QED) is 0.897. The molecule has 2 rings (SSSR count). The summed E-state index contributed by atoms with van der Waals surface area (Å²) in [5.41, 5.74) is 2.03. The van der Waals surface area contributed by atoms with E-state index in [0.717, 1.165) is 11.3 Å². The number of aryl methyl sites for hydroxylation is 2. The Morgan fingerprint density at radius 2 is 2.11 bits per heavy atom. The number of rotatable bonds is 2. The van der Waals surface area contributed by atoms with Crippen molar-refractivity contribution in [2.75, 3.05) is 5.32 Å². The maximum absolute atomic E-state index is 13.7. The molecule has 19 heavy (non-hydrogen) atoms. The van der Waals surface area contributed by atoms with Gasteiger partial charge in [-0.1, -0.05) is 17.7 Å². The third-order valence-corrected chi connectivity index (χ3v) is 2.98. The molecule has 1 aromatic carbocycles. The normalized spacial score (nSPS) is 10.1. The molecule has 3 nitrogen and oxygen atoms in total. The largest absolute Gasteiger partial charge is 0.335 e. The van der Waals surface area contributed by atoms with Crippen molar-refractivity contribution in [3.05, 3.63) is 51.9 Å². The molecule has 2 aromatic rings. The number of hydrogen-bond acceptors (Lipinski definition) is 3. The van der Waals surface area contributed by atoms with Crippen LogP contribution >= 0.6 is 11.6 Å². The second-order valence-corrected chi connectivity index (χ2v) is 4.54. The number of hydrogen-bond donors (Lipinski definition) is 1. The average molecular weight is 276 g/mol. The molecule has 0 unspecified atom stereocenters. The van der Waals surface area contributed by atoms with Crippen LogP contribution in [0.2, 0.25) is 5.02 Å². The van der Waals surface area contributed by atoms with Crippen molar-refractivity contribution in [3.8, 4) is 6.07 Å². The second-order valence-electron chi connectivity index (χ2n) is 4.14. The smallest absolute Gasteiger partial charge is 0.148 e. The summed E-state index contributed by atoms with van der Waals surface area (Å²) in [6.07, 6.45) is 0. The summed E-state index contributed by atoms with van der Waals surface area (Å²) >= 11 is 5.94.